The summed E-state index contributed by atoms with van der Waals surface area (Å²) in [5.41, 5.74) is 2.63. The predicted octanol–water partition coefficient (Wildman–Crippen LogP) is 8.81. The molecule has 2 amide bonds. The molecule has 10 heteroatoms. The van der Waals surface area contributed by atoms with Crippen molar-refractivity contribution in [3.05, 3.63) is 83.7 Å². The second-order valence-electron chi connectivity index (χ2n) is 9.66. The molecule has 0 bridgehead atoms. The Kier molecular flexibility index (Phi) is 10.5. The molecular weight excluding hydrogens is 543 g/mol. The molecular formula is C31H33FN4O4S. The summed E-state index contributed by atoms with van der Waals surface area (Å²) in [6.45, 7) is 2.75. The minimum absolute atomic E-state index is 0.0502. The average Bonchev–Trinajstić information content (AvgIpc) is 3.22. The zero-order valence-electron chi connectivity index (χ0n) is 22.8. The molecule has 214 valence electrons. The number of thioether (sulfide) groups is 1. The van der Waals surface area contributed by atoms with Crippen molar-refractivity contribution in [3.63, 3.8) is 0 Å². The third-order valence-corrected chi connectivity index (χ3v) is 7.69. The van der Waals surface area contributed by atoms with Crippen LogP contribution in [-0.2, 0) is 13.0 Å². The molecule has 0 saturated carbocycles. The molecule has 0 saturated heterocycles. The molecule has 0 atom stereocenters. The van der Waals surface area contributed by atoms with Gasteiger partial charge in [0.2, 0.25) is 5.88 Å². The van der Waals surface area contributed by atoms with Crippen LogP contribution in [0.4, 0.5) is 20.6 Å². The van der Waals surface area contributed by atoms with E-state index in [4.69, 9.17) is 5.11 Å². The van der Waals surface area contributed by atoms with Gasteiger partial charge in [0.25, 0.3) is 0 Å². The monoisotopic (exact) mass is 576 g/mol. The first-order chi connectivity index (χ1) is 19.9. The Labute approximate surface area is 242 Å². The van der Waals surface area contributed by atoms with Crippen LogP contribution in [0.3, 0.4) is 0 Å². The second kappa shape index (κ2) is 14.5. The van der Waals surface area contributed by atoms with Crippen LogP contribution in [0.25, 0.3) is 10.9 Å². The minimum Gasteiger partial charge on any atom is -0.493 e. The molecule has 1 aromatic heterocycles. The van der Waals surface area contributed by atoms with Gasteiger partial charge in [-0.05, 0) is 79.1 Å². The van der Waals surface area contributed by atoms with Gasteiger partial charge in [-0.1, -0.05) is 49.5 Å². The van der Waals surface area contributed by atoms with Crippen molar-refractivity contribution >= 4 is 46.0 Å². The number of fused-ring (bicyclic) bond motifs is 1. The molecule has 3 aromatic carbocycles. The van der Waals surface area contributed by atoms with Crippen LogP contribution in [-0.4, -0.2) is 32.5 Å². The molecule has 0 unspecified atom stereocenters. The number of amides is 2. The Bertz CT molecular complexity index is 1540. The fraction of sp³-hybridized carbons (Fsp3) is 0.290. The van der Waals surface area contributed by atoms with Crippen molar-refractivity contribution in [2.45, 2.75) is 56.9 Å². The number of nitrogens with zero attached hydrogens (tertiary/aromatic N) is 3. The van der Waals surface area contributed by atoms with Crippen molar-refractivity contribution in [1.29, 1.82) is 0 Å². The van der Waals surface area contributed by atoms with Crippen molar-refractivity contribution in [1.82, 2.24) is 4.57 Å². The van der Waals surface area contributed by atoms with Gasteiger partial charge in [0.1, 0.15) is 5.82 Å². The fourth-order valence-electron chi connectivity index (χ4n) is 4.50. The number of carboxylic acids is 1. The number of hydrogen-bond acceptors (Lipinski definition) is 5. The van der Waals surface area contributed by atoms with Crippen LogP contribution in [0.2, 0.25) is 0 Å². The summed E-state index contributed by atoms with van der Waals surface area (Å²) in [7, 11) is 0. The highest BCUT2D eigenvalue weighted by Crippen LogP contribution is 2.41. The first kappa shape index (κ1) is 29.8. The number of urea groups is 1. The maximum Gasteiger partial charge on any atom is 0.364 e. The summed E-state index contributed by atoms with van der Waals surface area (Å²) in [4.78, 5) is 24.4. The molecule has 0 aliphatic rings. The molecule has 4 aromatic rings. The van der Waals surface area contributed by atoms with E-state index in [1.807, 2.05) is 30.3 Å². The number of benzene rings is 3. The lowest BCUT2D eigenvalue weighted by Crippen LogP contribution is -2.05. The number of halogens is 1. The van der Waals surface area contributed by atoms with Gasteiger partial charge >= 0.3 is 12.0 Å². The van der Waals surface area contributed by atoms with Gasteiger partial charge in [-0.15, -0.1) is 16.9 Å². The number of aryl methyl sites for hydroxylation is 2. The summed E-state index contributed by atoms with van der Waals surface area (Å²) < 4.78 is 15.3. The molecule has 1 heterocycles. The Morgan fingerprint density at radius 2 is 1.80 bits per heavy atom. The quantitative estimate of drug-likeness (QED) is 0.0835. The number of hydrogen-bond donors (Lipinski definition) is 3. The number of azo groups is 1. The maximum absolute atomic E-state index is 13.5. The summed E-state index contributed by atoms with van der Waals surface area (Å²) in [6, 6.07) is 17.5. The van der Waals surface area contributed by atoms with Gasteiger partial charge in [-0.25, -0.2) is 14.0 Å². The Balaban J connectivity index is 1.49. The maximum atomic E-state index is 13.5. The number of aromatic hydroxyl groups is 1. The number of aromatic nitrogens is 1. The first-order valence-corrected chi connectivity index (χ1v) is 14.6. The third-order valence-electron chi connectivity index (χ3n) is 6.61. The normalized spacial score (nSPS) is 11.4. The van der Waals surface area contributed by atoms with Crippen LogP contribution < -0.4 is 5.32 Å². The van der Waals surface area contributed by atoms with E-state index in [2.05, 4.69) is 22.5 Å². The summed E-state index contributed by atoms with van der Waals surface area (Å²) >= 11 is 1.67. The molecule has 3 N–H and O–H groups in total. The Hall–Kier alpha value is -4.18. The summed E-state index contributed by atoms with van der Waals surface area (Å²) in [6.07, 6.45) is 5.86. The smallest absolute Gasteiger partial charge is 0.364 e. The average molecular weight is 577 g/mol. The summed E-state index contributed by atoms with van der Waals surface area (Å²) in [5, 5.41) is 31.2. The third kappa shape index (κ3) is 8.17. The molecule has 0 aliphatic carbocycles. The van der Waals surface area contributed by atoms with E-state index in [1.165, 1.54) is 18.2 Å². The molecule has 0 aliphatic heterocycles. The number of carboxylic acid groups (broad SMARTS) is 1. The number of rotatable bonds is 13. The summed E-state index contributed by atoms with van der Waals surface area (Å²) in [5.74, 6) is -0.632. The van der Waals surface area contributed by atoms with Gasteiger partial charge in [0.15, 0.2) is 5.69 Å². The zero-order chi connectivity index (χ0) is 29.2. The van der Waals surface area contributed by atoms with Crippen molar-refractivity contribution in [2.24, 2.45) is 10.2 Å². The van der Waals surface area contributed by atoms with Gasteiger partial charge in [-0.2, -0.15) is 0 Å². The fourth-order valence-corrected chi connectivity index (χ4v) is 5.39. The lowest BCUT2D eigenvalue weighted by molar-refractivity contribution is 0.0697. The lowest BCUT2D eigenvalue weighted by Gasteiger charge is -2.07. The van der Waals surface area contributed by atoms with E-state index in [-0.39, 0.29) is 22.8 Å². The number of carbonyl (C=O) groups excluding carboxylic acids is 1. The molecule has 4 rings (SSSR count). The SMILES string of the molecule is CCCCCCn1c(O)c(N=NC(=O)Nc2cccc(F)c2)c2cc(SCCCc3ccc(C(=O)O)cc3)ccc21. The second-order valence-corrected chi connectivity index (χ2v) is 10.8. The van der Waals surface area contributed by atoms with Crippen molar-refractivity contribution in [2.75, 3.05) is 11.1 Å². The Morgan fingerprint density at radius 1 is 1.00 bits per heavy atom. The number of aromatic carboxylic acids is 1. The van der Waals surface area contributed by atoms with Gasteiger partial charge in [-0.3, -0.25) is 0 Å². The highest BCUT2D eigenvalue weighted by Gasteiger charge is 2.18. The van der Waals surface area contributed by atoms with E-state index in [1.54, 1.807) is 34.5 Å². The van der Waals surface area contributed by atoms with E-state index in [0.717, 1.165) is 60.3 Å². The molecule has 0 fully saturated rings. The number of nitrogens with one attached hydrogen (secondary N) is 1. The van der Waals surface area contributed by atoms with Crippen LogP contribution in [0.1, 0.15) is 54.9 Å². The van der Waals surface area contributed by atoms with Crippen LogP contribution in [0, 0.1) is 5.82 Å². The van der Waals surface area contributed by atoms with Crippen molar-refractivity contribution in [3.8, 4) is 5.88 Å². The highest BCUT2D eigenvalue weighted by molar-refractivity contribution is 7.99. The standard InChI is InChI=1S/C31H33FN4O4S/c1-2-3-4-5-17-36-27-16-15-25(41-18-7-8-21-11-13-22(14-12-21)30(38)39)20-26(27)28(29(36)37)34-35-31(40)33-24-10-6-9-23(32)19-24/h6,9-16,19-20,37H,2-5,7-8,17-18H2,1H3,(H,33,40)(H,38,39). The lowest BCUT2D eigenvalue weighted by atomic mass is 10.1. The van der Waals surface area contributed by atoms with Gasteiger partial charge in [0.05, 0.1) is 11.1 Å². The van der Waals surface area contributed by atoms with Gasteiger partial charge in [0, 0.05) is 22.5 Å². The van der Waals surface area contributed by atoms with E-state index >= 15 is 0 Å². The molecule has 8 nitrogen and oxygen atoms in total. The largest absolute Gasteiger partial charge is 0.493 e. The van der Waals surface area contributed by atoms with Crippen molar-refractivity contribution < 1.29 is 24.2 Å². The minimum atomic E-state index is -0.936. The number of anilines is 1. The Morgan fingerprint density at radius 3 is 2.54 bits per heavy atom. The molecule has 0 radical (unpaired) electrons. The van der Waals surface area contributed by atoms with E-state index in [9.17, 15) is 19.1 Å². The van der Waals surface area contributed by atoms with Crippen LogP contribution in [0.5, 0.6) is 5.88 Å². The van der Waals surface area contributed by atoms with Crippen LogP contribution in [0.15, 0.2) is 81.9 Å². The zero-order valence-corrected chi connectivity index (χ0v) is 23.7. The number of carbonyl (C=O) groups is 2. The highest BCUT2D eigenvalue weighted by atomic mass is 32.2. The van der Waals surface area contributed by atoms with E-state index in [0.29, 0.717) is 11.9 Å². The van der Waals surface area contributed by atoms with Gasteiger partial charge < -0.3 is 20.1 Å². The van der Waals surface area contributed by atoms with Crippen LogP contribution >= 0.6 is 11.8 Å². The first-order valence-electron chi connectivity index (χ1n) is 13.6. The predicted molar refractivity (Wildman–Crippen MR) is 160 cm³/mol. The molecule has 41 heavy (non-hydrogen) atoms. The number of unbranched alkanes of at least 4 members (excludes halogenated alkanes) is 3. The molecule has 0 spiro atoms. The topological polar surface area (TPSA) is 116 Å². The van der Waals surface area contributed by atoms with E-state index < -0.39 is 17.8 Å².